The standard InChI is InChI=1S/C11H24N2O/c1-9(12)11(2,3)8-13(6-7-14)10-4-5-10/h9-10,14H,4-8,12H2,1-3H3. The summed E-state index contributed by atoms with van der Waals surface area (Å²) in [5, 5.41) is 8.98. The molecule has 0 aromatic rings. The summed E-state index contributed by atoms with van der Waals surface area (Å²) in [6.45, 7) is 8.50. The van der Waals surface area contributed by atoms with Crippen LogP contribution in [0.4, 0.5) is 0 Å². The van der Waals surface area contributed by atoms with Crippen molar-refractivity contribution < 1.29 is 5.11 Å². The van der Waals surface area contributed by atoms with Crippen LogP contribution in [-0.2, 0) is 0 Å². The second-order valence-corrected chi connectivity index (χ2v) is 5.20. The first kappa shape index (κ1) is 12.0. The number of nitrogens with zero attached hydrogens (tertiary/aromatic N) is 1. The van der Waals surface area contributed by atoms with Crippen molar-refractivity contribution >= 4 is 0 Å². The minimum Gasteiger partial charge on any atom is -0.395 e. The monoisotopic (exact) mass is 200 g/mol. The zero-order valence-corrected chi connectivity index (χ0v) is 9.66. The smallest absolute Gasteiger partial charge is 0.0558 e. The van der Waals surface area contributed by atoms with Gasteiger partial charge in [0.25, 0.3) is 0 Å². The Morgan fingerprint density at radius 1 is 1.50 bits per heavy atom. The first-order valence-electron chi connectivity index (χ1n) is 5.58. The Labute approximate surface area is 87.3 Å². The highest BCUT2D eigenvalue weighted by Crippen LogP contribution is 2.30. The number of rotatable bonds is 6. The molecule has 1 fully saturated rings. The van der Waals surface area contributed by atoms with Crippen LogP contribution in [0.15, 0.2) is 0 Å². The van der Waals surface area contributed by atoms with Gasteiger partial charge in [-0.2, -0.15) is 0 Å². The van der Waals surface area contributed by atoms with Crippen LogP contribution >= 0.6 is 0 Å². The molecule has 0 aromatic heterocycles. The maximum Gasteiger partial charge on any atom is 0.0558 e. The number of hydrogen-bond acceptors (Lipinski definition) is 3. The first-order valence-corrected chi connectivity index (χ1v) is 5.58. The van der Waals surface area contributed by atoms with Crippen LogP contribution in [0.1, 0.15) is 33.6 Å². The summed E-state index contributed by atoms with van der Waals surface area (Å²) in [4.78, 5) is 2.38. The van der Waals surface area contributed by atoms with E-state index in [4.69, 9.17) is 10.8 Å². The van der Waals surface area contributed by atoms with Gasteiger partial charge in [0.05, 0.1) is 6.61 Å². The van der Waals surface area contributed by atoms with Crippen molar-refractivity contribution in [1.29, 1.82) is 0 Å². The van der Waals surface area contributed by atoms with Gasteiger partial charge in [-0.25, -0.2) is 0 Å². The maximum atomic E-state index is 8.98. The Hall–Kier alpha value is -0.120. The SMILES string of the molecule is CC(N)C(C)(C)CN(CCO)C1CC1. The van der Waals surface area contributed by atoms with E-state index in [0.29, 0.717) is 6.04 Å². The third-order valence-electron chi connectivity index (χ3n) is 3.29. The van der Waals surface area contributed by atoms with Crippen LogP contribution < -0.4 is 5.73 Å². The Balaban J connectivity index is 2.45. The van der Waals surface area contributed by atoms with Gasteiger partial charge in [0, 0.05) is 25.2 Å². The van der Waals surface area contributed by atoms with Gasteiger partial charge in [-0.05, 0) is 25.2 Å². The van der Waals surface area contributed by atoms with Crippen molar-refractivity contribution in [1.82, 2.24) is 4.90 Å². The fourth-order valence-corrected chi connectivity index (χ4v) is 1.63. The second-order valence-electron chi connectivity index (χ2n) is 5.20. The zero-order chi connectivity index (χ0) is 10.8. The van der Waals surface area contributed by atoms with Crippen LogP contribution in [0.2, 0.25) is 0 Å². The van der Waals surface area contributed by atoms with Crippen molar-refractivity contribution in [2.24, 2.45) is 11.1 Å². The molecule has 0 aromatic carbocycles. The molecular formula is C11H24N2O. The topological polar surface area (TPSA) is 49.5 Å². The molecule has 3 heteroatoms. The molecular weight excluding hydrogens is 176 g/mol. The van der Waals surface area contributed by atoms with Gasteiger partial charge >= 0.3 is 0 Å². The maximum absolute atomic E-state index is 8.98. The molecule has 0 bridgehead atoms. The highest BCUT2D eigenvalue weighted by atomic mass is 16.3. The molecule has 0 radical (unpaired) electrons. The van der Waals surface area contributed by atoms with E-state index in [0.717, 1.165) is 13.1 Å². The van der Waals surface area contributed by atoms with E-state index in [1.54, 1.807) is 0 Å². The summed E-state index contributed by atoms with van der Waals surface area (Å²) in [6.07, 6.45) is 2.57. The van der Waals surface area contributed by atoms with Gasteiger partial charge in [-0.15, -0.1) is 0 Å². The minimum absolute atomic E-state index is 0.137. The van der Waals surface area contributed by atoms with E-state index >= 15 is 0 Å². The lowest BCUT2D eigenvalue weighted by Gasteiger charge is -2.35. The van der Waals surface area contributed by atoms with Crippen LogP contribution in [0.25, 0.3) is 0 Å². The van der Waals surface area contributed by atoms with Crippen LogP contribution in [0, 0.1) is 5.41 Å². The molecule has 0 aliphatic heterocycles. The molecule has 3 N–H and O–H groups in total. The first-order chi connectivity index (χ1) is 6.47. The third kappa shape index (κ3) is 3.23. The molecule has 0 saturated heterocycles. The molecule has 1 unspecified atom stereocenters. The quantitative estimate of drug-likeness (QED) is 0.667. The van der Waals surface area contributed by atoms with Crippen molar-refractivity contribution in [3.05, 3.63) is 0 Å². The van der Waals surface area contributed by atoms with E-state index in [-0.39, 0.29) is 18.1 Å². The fourth-order valence-electron chi connectivity index (χ4n) is 1.63. The summed E-state index contributed by atoms with van der Waals surface area (Å²) in [7, 11) is 0. The molecule has 84 valence electrons. The Morgan fingerprint density at radius 3 is 2.43 bits per heavy atom. The van der Waals surface area contributed by atoms with Crippen molar-refractivity contribution in [2.45, 2.75) is 45.7 Å². The number of aliphatic hydroxyl groups is 1. The van der Waals surface area contributed by atoms with Crippen LogP contribution in [-0.4, -0.2) is 41.8 Å². The normalized spacial score (nSPS) is 20.1. The minimum atomic E-state index is 0.137. The highest BCUT2D eigenvalue weighted by Gasteiger charge is 2.33. The van der Waals surface area contributed by atoms with Gasteiger partial charge in [0.2, 0.25) is 0 Å². The van der Waals surface area contributed by atoms with Gasteiger partial charge in [-0.3, -0.25) is 4.90 Å². The molecule has 3 nitrogen and oxygen atoms in total. The molecule has 1 aliphatic rings. The predicted octanol–water partition coefficient (Wildman–Crippen LogP) is 0.816. The third-order valence-corrected chi connectivity index (χ3v) is 3.29. The van der Waals surface area contributed by atoms with E-state index in [1.807, 2.05) is 0 Å². The summed E-state index contributed by atoms with van der Waals surface area (Å²) in [6, 6.07) is 0.905. The Kier molecular flexibility index (Phi) is 3.93. The lowest BCUT2D eigenvalue weighted by molar-refractivity contribution is 0.124. The molecule has 1 aliphatic carbocycles. The fraction of sp³-hybridized carbons (Fsp3) is 1.00. The molecule has 0 heterocycles. The molecule has 1 atom stereocenters. The van der Waals surface area contributed by atoms with Crippen molar-refractivity contribution in [3.8, 4) is 0 Å². The largest absolute Gasteiger partial charge is 0.395 e. The number of hydrogen-bond donors (Lipinski definition) is 2. The zero-order valence-electron chi connectivity index (χ0n) is 9.66. The summed E-state index contributed by atoms with van der Waals surface area (Å²) in [5.74, 6) is 0. The Bertz CT molecular complexity index is 176. The molecule has 0 amide bonds. The molecule has 0 spiro atoms. The lowest BCUT2D eigenvalue weighted by Crippen LogP contribution is -2.45. The second kappa shape index (κ2) is 4.60. The average Bonchev–Trinajstić information content (AvgIpc) is 2.85. The highest BCUT2D eigenvalue weighted by molar-refractivity contribution is 4.89. The van der Waals surface area contributed by atoms with E-state index < -0.39 is 0 Å². The van der Waals surface area contributed by atoms with Gasteiger partial charge in [0.15, 0.2) is 0 Å². The van der Waals surface area contributed by atoms with Crippen molar-refractivity contribution in [3.63, 3.8) is 0 Å². The molecule has 1 rings (SSSR count). The Morgan fingerprint density at radius 2 is 2.07 bits per heavy atom. The van der Waals surface area contributed by atoms with Gasteiger partial charge in [0.1, 0.15) is 0 Å². The lowest BCUT2D eigenvalue weighted by atomic mass is 9.85. The summed E-state index contributed by atoms with van der Waals surface area (Å²) < 4.78 is 0. The average molecular weight is 200 g/mol. The van der Waals surface area contributed by atoms with Crippen LogP contribution in [0.3, 0.4) is 0 Å². The van der Waals surface area contributed by atoms with E-state index in [1.165, 1.54) is 12.8 Å². The molecule has 14 heavy (non-hydrogen) atoms. The summed E-state index contributed by atoms with van der Waals surface area (Å²) >= 11 is 0. The van der Waals surface area contributed by atoms with E-state index in [9.17, 15) is 0 Å². The summed E-state index contributed by atoms with van der Waals surface area (Å²) in [5.41, 5.74) is 6.08. The number of aliphatic hydroxyl groups excluding tert-OH is 1. The van der Waals surface area contributed by atoms with E-state index in [2.05, 4.69) is 25.7 Å². The molecule has 1 saturated carbocycles. The van der Waals surface area contributed by atoms with Crippen LogP contribution in [0.5, 0.6) is 0 Å². The number of nitrogens with two attached hydrogens (primary N) is 1. The van der Waals surface area contributed by atoms with Gasteiger partial charge < -0.3 is 10.8 Å². The van der Waals surface area contributed by atoms with Crippen molar-refractivity contribution in [2.75, 3.05) is 19.7 Å². The van der Waals surface area contributed by atoms with Gasteiger partial charge in [-0.1, -0.05) is 13.8 Å². The predicted molar refractivity (Wildman–Crippen MR) is 59.1 cm³/mol.